The zero-order valence-corrected chi connectivity index (χ0v) is 23.6. The summed E-state index contributed by atoms with van der Waals surface area (Å²) in [5, 5.41) is 0. The standard InChI is InChI=1S/C35H32N6/c1-4-9-32-39-33-23(2)20-26(35-38-29-12-7-8-13-30(29)40(35)3)21-31(33)41(32)22-24-14-16-25(17-15-24)27-10-5-6-11-28(27)34-36-18-19-37-34/h5-8,10-21H,4,9,22H2,1-3H3,(H,36,37). The third-order valence-corrected chi connectivity index (χ3v) is 7.93. The monoisotopic (exact) mass is 536 g/mol. The van der Waals surface area contributed by atoms with E-state index in [4.69, 9.17) is 9.97 Å². The highest BCUT2D eigenvalue weighted by atomic mass is 15.1. The molecule has 0 saturated heterocycles. The molecular weight excluding hydrogens is 504 g/mol. The maximum atomic E-state index is 5.13. The van der Waals surface area contributed by atoms with Crippen LogP contribution < -0.4 is 0 Å². The van der Waals surface area contributed by atoms with E-state index in [9.17, 15) is 0 Å². The van der Waals surface area contributed by atoms with Crippen LogP contribution in [0.3, 0.4) is 0 Å². The number of nitrogens with zero attached hydrogens (tertiary/aromatic N) is 5. The van der Waals surface area contributed by atoms with Gasteiger partial charge in [0.2, 0.25) is 0 Å². The number of para-hydroxylation sites is 2. The SMILES string of the molecule is CCCc1nc2c(C)cc(-c3nc4ccccc4n3C)cc2n1Cc1ccc(-c2ccccc2-c2ncc[nH]2)cc1. The van der Waals surface area contributed by atoms with Crippen molar-refractivity contribution >= 4 is 22.1 Å². The van der Waals surface area contributed by atoms with Crippen LogP contribution in [-0.4, -0.2) is 29.1 Å². The second-order valence-electron chi connectivity index (χ2n) is 10.7. The van der Waals surface area contributed by atoms with E-state index < -0.39 is 0 Å². The Morgan fingerprint density at radius 3 is 2.34 bits per heavy atom. The quantitative estimate of drug-likeness (QED) is 0.225. The third kappa shape index (κ3) is 4.42. The number of rotatable bonds is 7. The molecule has 3 heterocycles. The average Bonchev–Trinajstić information content (AvgIpc) is 3.73. The van der Waals surface area contributed by atoms with E-state index in [0.717, 1.165) is 75.6 Å². The van der Waals surface area contributed by atoms with Crippen molar-refractivity contribution in [2.75, 3.05) is 0 Å². The van der Waals surface area contributed by atoms with Crippen molar-refractivity contribution in [2.24, 2.45) is 7.05 Å². The lowest BCUT2D eigenvalue weighted by Crippen LogP contribution is -2.05. The first kappa shape index (κ1) is 25.0. The summed E-state index contributed by atoms with van der Waals surface area (Å²) in [4.78, 5) is 17.8. The maximum Gasteiger partial charge on any atom is 0.140 e. The smallest absolute Gasteiger partial charge is 0.140 e. The lowest BCUT2D eigenvalue weighted by molar-refractivity contribution is 0.722. The summed E-state index contributed by atoms with van der Waals surface area (Å²) in [7, 11) is 2.09. The molecule has 0 aliphatic carbocycles. The van der Waals surface area contributed by atoms with Gasteiger partial charge in [-0.1, -0.05) is 67.6 Å². The van der Waals surface area contributed by atoms with Crippen LogP contribution >= 0.6 is 0 Å². The minimum absolute atomic E-state index is 0.761. The molecule has 1 N–H and O–H groups in total. The normalized spacial score (nSPS) is 11.6. The van der Waals surface area contributed by atoms with Gasteiger partial charge in [-0.3, -0.25) is 0 Å². The van der Waals surface area contributed by atoms with Crippen molar-refractivity contribution in [3.8, 4) is 33.9 Å². The maximum absolute atomic E-state index is 5.13. The van der Waals surface area contributed by atoms with Crippen LogP contribution in [-0.2, 0) is 20.0 Å². The molecule has 0 amide bonds. The minimum atomic E-state index is 0.761. The summed E-state index contributed by atoms with van der Waals surface area (Å²) in [5.41, 5.74) is 11.3. The fourth-order valence-electron chi connectivity index (χ4n) is 5.89. The number of aromatic amines is 1. The van der Waals surface area contributed by atoms with Gasteiger partial charge in [0.15, 0.2) is 0 Å². The van der Waals surface area contributed by atoms with Gasteiger partial charge in [-0.25, -0.2) is 15.0 Å². The average molecular weight is 537 g/mol. The van der Waals surface area contributed by atoms with Crippen LogP contribution in [0.2, 0.25) is 0 Å². The van der Waals surface area contributed by atoms with Crippen LogP contribution in [0.5, 0.6) is 0 Å². The second kappa shape index (κ2) is 10.2. The molecule has 0 bridgehead atoms. The molecule has 41 heavy (non-hydrogen) atoms. The van der Waals surface area contributed by atoms with Crippen molar-refractivity contribution in [2.45, 2.75) is 33.2 Å². The molecule has 0 saturated carbocycles. The summed E-state index contributed by atoms with van der Waals surface area (Å²) in [6.07, 6.45) is 5.64. The van der Waals surface area contributed by atoms with E-state index in [-0.39, 0.29) is 0 Å². The number of benzene rings is 4. The fourth-order valence-corrected chi connectivity index (χ4v) is 5.89. The molecule has 0 fully saturated rings. The Kier molecular flexibility index (Phi) is 6.23. The highest BCUT2D eigenvalue weighted by molar-refractivity contribution is 5.87. The van der Waals surface area contributed by atoms with Crippen LogP contribution in [0.1, 0.15) is 30.3 Å². The van der Waals surface area contributed by atoms with Gasteiger partial charge in [0.05, 0.1) is 22.1 Å². The molecule has 7 rings (SSSR count). The molecular formula is C35H32N6. The van der Waals surface area contributed by atoms with Gasteiger partial charge in [0.25, 0.3) is 0 Å². The van der Waals surface area contributed by atoms with Crippen LogP contribution in [0, 0.1) is 6.92 Å². The summed E-state index contributed by atoms with van der Waals surface area (Å²) >= 11 is 0. The minimum Gasteiger partial charge on any atom is -0.345 e. The molecule has 4 aromatic carbocycles. The van der Waals surface area contributed by atoms with E-state index in [1.165, 1.54) is 16.7 Å². The molecule has 202 valence electrons. The lowest BCUT2D eigenvalue weighted by atomic mass is 9.98. The Bertz CT molecular complexity index is 1990. The Morgan fingerprint density at radius 2 is 1.59 bits per heavy atom. The first-order chi connectivity index (χ1) is 20.1. The van der Waals surface area contributed by atoms with Crippen molar-refractivity contribution in [3.05, 3.63) is 114 Å². The van der Waals surface area contributed by atoms with Crippen LogP contribution in [0.15, 0.2) is 97.3 Å². The van der Waals surface area contributed by atoms with Crippen molar-refractivity contribution in [3.63, 3.8) is 0 Å². The number of aromatic nitrogens is 6. The van der Waals surface area contributed by atoms with Crippen molar-refractivity contribution < 1.29 is 0 Å². The Labute approximate surface area is 239 Å². The molecule has 3 aromatic heterocycles. The third-order valence-electron chi connectivity index (χ3n) is 7.93. The second-order valence-corrected chi connectivity index (χ2v) is 10.7. The zero-order chi connectivity index (χ0) is 27.9. The summed E-state index contributed by atoms with van der Waals surface area (Å²) in [6, 6.07) is 30.1. The van der Waals surface area contributed by atoms with Crippen molar-refractivity contribution in [1.29, 1.82) is 0 Å². The molecule has 0 aliphatic heterocycles. The Morgan fingerprint density at radius 1 is 0.805 bits per heavy atom. The molecule has 0 radical (unpaired) electrons. The predicted molar refractivity (Wildman–Crippen MR) is 167 cm³/mol. The van der Waals surface area contributed by atoms with Gasteiger partial charge >= 0.3 is 0 Å². The van der Waals surface area contributed by atoms with Gasteiger partial charge in [0, 0.05) is 43.5 Å². The van der Waals surface area contributed by atoms with E-state index in [2.05, 4.69) is 119 Å². The number of imidazole rings is 3. The summed E-state index contributed by atoms with van der Waals surface area (Å²) in [5.74, 6) is 2.98. The molecule has 0 spiro atoms. The van der Waals surface area contributed by atoms with E-state index in [1.807, 2.05) is 12.3 Å². The summed E-state index contributed by atoms with van der Waals surface area (Å²) in [6.45, 7) is 5.14. The van der Waals surface area contributed by atoms with Gasteiger partial charge in [-0.05, 0) is 59.9 Å². The van der Waals surface area contributed by atoms with E-state index in [1.54, 1.807) is 6.20 Å². The predicted octanol–water partition coefficient (Wildman–Crippen LogP) is 7.96. The zero-order valence-electron chi connectivity index (χ0n) is 23.6. The van der Waals surface area contributed by atoms with E-state index >= 15 is 0 Å². The molecule has 7 aromatic rings. The number of nitrogens with one attached hydrogen (secondary N) is 1. The number of hydrogen-bond acceptors (Lipinski definition) is 3. The van der Waals surface area contributed by atoms with Gasteiger partial charge in [0.1, 0.15) is 17.5 Å². The molecule has 6 heteroatoms. The molecule has 0 aliphatic rings. The number of fused-ring (bicyclic) bond motifs is 2. The first-order valence-electron chi connectivity index (χ1n) is 14.2. The fraction of sp³-hybridized carbons (Fsp3) is 0.171. The highest BCUT2D eigenvalue weighted by Gasteiger charge is 2.17. The van der Waals surface area contributed by atoms with Crippen LogP contribution in [0.4, 0.5) is 0 Å². The molecule has 6 nitrogen and oxygen atoms in total. The number of aryl methyl sites for hydroxylation is 3. The lowest BCUT2D eigenvalue weighted by Gasteiger charge is -2.12. The number of H-pyrrole nitrogens is 1. The Balaban J connectivity index is 1.28. The Hall–Kier alpha value is -4.97. The van der Waals surface area contributed by atoms with Crippen molar-refractivity contribution in [1.82, 2.24) is 29.1 Å². The summed E-state index contributed by atoms with van der Waals surface area (Å²) < 4.78 is 4.58. The number of hydrogen-bond donors (Lipinski definition) is 1. The molecule has 0 atom stereocenters. The van der Waals surface area contributed by atoms with Crippen LogP contribution in [0.25, 0.3) is 56.0 Å². The van der Waals surface area contributed by atoms with Gasteiger partial charge < -0.3 is 14.1 Å². The van der Waals surface area contributed by atoms with Gasteiger partial charge in [-0.15, -0.1) is 0 Å². The van der Waals surface area contributed by atoms with Gasteiger partial charge in [-0.2, -0.15) is 0 Å². The largest absolute Gasteiger partial charge is 0.345 e. The highest BCUT2D eigenvalue weighted by Crippen LogP contribution is 2.32. The topological polar surface area (TPSA) is 64.3 Å². The van der Waals surface area contributed by atoms with E-state index in [0.29, 0.717) is 0 Å². The first-order valence-corrected chi connectivity index (χ1v) is 14.2. The molecule has 0 unspecified atom stereocenters.